The van der Waals surface area contributed by atoms with Gasteiger partial charge < -0.3 is 5.11 Å². The third-order valence-corrected chi connectivity index (χ3v) is 2.78. The average Bonchev–Trinajstić information content (AvgIpc) is 2.31. The van der Waals surface area contributed by atoms with Gasteiger partial charge in [0.05, 0.1) is 5.75 Å². The van der Waals surface area contributed by atoms with Crippen LogP contribution in [0.5, 0.6) is 0 Å². The topological polar surface area (TPSA) is 40.3 Å². The molecule has 62 valence electrons. The van der Waals surface area contributed by atoms with E-state index in [0.29, 0.717) is 6.54 Å². The number of aliphatic carboxylic acids is 1. The molecule has 4 heteroatoms. The normalized spacial score (nSPS) is 17.5. The first-order valence-electron chi connectivity index (χ1n) is 3.63. The molecule has 0 radical (unpaired) electrons. The molecule has 3 nitrogen and oxygen atoms in total. The number of rotatable bonds is 3. The van der Waals surface area contributed by atoms with Gasteiger partial charge in [-0.1, -0.05) is 11.8 Å². The van der Waals surface area contributed by atoms with Gasteiger partial charge in [0.1, 0.15) is 6.42 Å². The van der Waals surface area contributed by atoms with Gasteiger partial charge in [0.2, 0.25) is 5.04 Å². The number of thioether (sulfide) groups is 1. The van der Waals surface area contributed by atoms with E-state index in [0.717, 1.165) is 12.3 Å². The average molecular weight is 174 g/mol. The molecule has 0 unspecified atom stereocenters. The van der Waals surface area contributed by atoms with Gasteiger partial charge >= 0.3 is 5.97 Å². The summed E-state index contributed by atoms with van der Waals surface area (Å²) >= 11 is 1.81. The molecule has 0 saturated carbocycles. The summed E-state index contributed by atoms with van der Waals surface area (Å²) in [5, 5.41) is 9.67. The van der Waals surface area contributed by atoms with Gasteiger partial charge in [0.15, 0.2) is 13.1 Å². The van der Waals surface area contributed by atoms with Gasteiger partial charge in [-0.3, -0.25) is 4.79 Å². The van der Waals surface area contributed by atoms with Crippen LogP contribution in [-0.4, -0.2) is 39.5 Å². The van der Waals surface area contributed by atoms with Crippen LogP contribution in [0.2, 0.25) is 0 Å². The van der Waals surface area contributed by atoms with Crippen LogP contribution in [0.15, 0.2) is 0 Å². The Kier molecular flexibility index (Phi) is 2.93. The predicted octanol–water partition coefficient (Wildman–Crippen LogP) is 0.639. The van der Waals surface area contributed by atoms with E-state index in [1.165, 1.54) is 5.04 Å². The minimum Gasteiger partial charge on any atom is -0.481 e. The van der Waals surface area contributed by atoms with Crippen molar-refractivity contribution in [1.29, 1.82) is 0 Å². The molecule has 1 rings (SSSR count). The van der Waals surface area contributed by atoms with Gasteiger partial charge in [-0.25, -0.2) is 4.58 Å². The van der Waals surface area contributed by atoms with E-state index in [9.17, 15) is 4.79 Å². The number of carbonyl (C=O) groups is 1. The van der Waals surface area contributed by atoms with Crippen molar-refractivity contribution in [2.75, 3.05) is 18.8 Å². The Balaban J connectivity index is 2.36. The zero-order valence-electron chi connectivity index (χ0n) is 6.54. The maximum absolute atomic E-state index is 10.2. The summed E-state index contributed by atoms with van der Waals surface area (Å²) in [4.78, 5) is 10.2. The van der Waals surface area contributed by atoms with Crippen LogP contribution in [0.1, 0.15) is 13.3 Å². The molecule has 0 aromatic rings. The van der Waals surface area contributed by atoms with E-state index in [1.807, 2.05) is 6.92 Å². The van der Waals surface area contributed by atoms with Crippen molar-refractivity contribution in [3.8, 4) is 0 Å². The monoisotopic (exact) mass is 174 g/mol. The first-order chi connectivity index (χ1) is 5.20. The first kappa shape index (κ1) is 8.59. The minimum absolute atomic E-state index is 0.248. The van der Waals surface area contributed by atoms with E-state index in [4.69, 9.17) is 5.11 Å². The number of nitrogens with zero attached hydrogens (tertiary/aromatic N) is 1. The molecule has 0 amide bonds. The van der Waals surface area contributed by atoms with Crippen LogP contribution >= 0.6 is 11.8 Å². The van der Waals surface area contributed by atoms with Crippen molar-refractivity contribution in [2.24, 2.45) is 0 Å². The lowest BCUT2D eigenvalue weighted by Crippen LogP contribution is -2.17. The highest BCUT2D eigenvalue weighted by molar-refractivity contribution is 8.13. The molecule has 0 saturated heterocycles. The lowest BCUT2D eigenvalue weighted by Gasteiger charge is -1.94. The summed E-state index contributed by atoms with van der Waals surface area (Å²) in [5.41, 5.74) is 0. The maximum Gasteiger partial charge on any atom is 0.309 e. The second kappa shape index (κ2) is 3.76. The van der Waals surface area contributed by atoms with Gasteiger partial charge in [-0.15, -0.1) is 0 Å². The Morgan fingerprint density at radius 2 is 2.55 bits per heavy atom. The molecular weight excluding hydrogens is 162 g/mol. The Morgan fingerprint density at radius 3 is 3.00 bits per heavy atom. The van der Waals surface area contributed by atoms with Crippen LogP contribution in [0, 0.1) is 0 Å². The lowest BCUT2D eigenvalue weighted by molar-refractivity contribution is -0.517. The summed E-state index contributed by atoms with van der Waals surface area (Å²) in [7, 11) is 0. The number of hydrogen-bond donors (Lipinski definition) is 1. The van der Waals surface area contributed by atoms with Gasteiger partial charge in [0, 0.05) is 6.92 Å². The van der Waals surface area contributed by atoms with Gasteiger partial charge in [0.25, 0.3) is 0 Å². The molecule has 0 spiro atoms. The van der Waals surface area contributed by atoms with Crippen molar-refractivity contribution in [3.05, 3.63) is 0 Å². The van der Waals surface area contributed by atoms with Crippen LogP contribution in [-0.2, 0) is 4.79 Å². The summed E-state index contributed by atoms with van der Waals surface area (Å²) in [6.07, 6.45) is 0.248. The first-order valence-corrected chi connectivity index (χ1v) is 4.62. The molecule has 1 aliphatic heterocycles. The van der Waals surface area contributed by atoms with Crippen molar-refractivity contribution in [2.45, 2.75) is 13.3 Å². The quantitative estimate of drug-likeness (QED) is 0.638. The summed E-state index contributed by atoms with van der Waals surface area (Å²) < 4.78 is 2.12. The Labute approximate surface area is 70.1 Å². The van der Waals surface area contributed by atoms with Gasteiger partial charge in [-0.2, -0.15) is 0 Å². The maximum atomic E-state index is 10.2. The second-order valence-corrected chi connectivity index (χ2v) is 3.79. The summed E-state index contributed by atoms with van der Waals surface area (Å²) in [6.45, 7) is 3.71. The van der Waals surface area contributed by atoms with Crippen molar-refractivity contribution < 1.29 is 14.5 Å². The van der Waals surface area contributed by atoms with Crippen molar-refractivity contribution in [3.63, 3.8) is 0 Å². The van der Waals surface area contributed by atoms with E-state index in [2.05, 4.69) is 4.58 Å². The molecule has 11 heavy (non-hydrogen) atoms. The molecule has 1 aliphatic rings. The number of carboxylic acid groups (broad SMARTS) is 1. The van der Waals surface area contributed by atoms with E-state index >= 15 is 0 Å². The van der Waals surface area contributed by atoms with Crippen molar-refractivity contribution >= 4 is 22.8 Å². The number of hydrogen-bond acceptors (Lipinski definition) is 2. The fourth-order valence-corrected chi connectivity index (χ4v) is 2.02. The third-order valence-electron chi connectivity index (χ3n) is 1.71. The second-order valence-electron chi connectivity index (χ2n) is 2.50. The molecule has 1 N–H and O–H groups in total. The van der Waals surface area contributed by atoms with Crippen LogP contribution in [0.4, 0.5) is 0 Å². The van der Waals surface area contributed by atoms with Gasteiger partial charge in [-0.05, 0) is 0 Å². The largest absolute Gasteiger partial charge is 0.481 e. The molecular formula is C7H12NO2S+. The highest BCUT2D eigenvalue weighted by Crippen LogP contribution is 2.10. The zero-order valence-corrected chi connectivity index (χ0v) is 7.36. The smallest absolute Gasteiger partial charge is 0.309 e. The molecule has 0 aromatic heterocycles. The highest BCUT2D eigenvalue weighted by atomic mass is 32.2. The Hall–Kier alpha value is -0.510. The molecule has 0 bridgehead atoms. The summed E-state index contributed by atoms with van der Waals surface area (Å²) in [6, 6.07) is 0. The summed E-state index contributed by atoms with van der Waals surface area (Å²) in [5.74, 6) is 0.389. The minimum atomic E-state index is -0.713. The Morgan fingerprint density at radius 1 is 1.82 bits per heavy atom. The van der Waals surface area contributed by atoms with Crippen LogP contribution in [0.25, 0.3) is 0 Å². The highest BCUT2D eigenvalue weighted by Gasteiger charge is 2.18. The molecule has 0 atom stereocenters. The Bertz CT molecular complexity index is 201. The molecule has 1 heterocycles. The molecule has 0 aliphatic carbocycles. The van der Waals surface area contributed by atoms with Crippen LogP contribution in [0.3, 0.4) is 0 Å². The molecule has 0 fully saturated rings. The van der Waals surface area contributed by atoms with E-state index in [-0.39, 0.29) is 6.42 Å². The van der Waals surface area contributed by atoms with Crippen molar-refractivity contribution in [1.82, 2.24) is 0 Å². The van der Waals surface area contributed by atoms with E-state index in [1.54, 1.807) is 11.8 Å². The number of carboxylic acids is 1. The SMILES string of the molecule is CC1=[N+](CCC(=O)O)CCS1. The fraction of sp³-hybridized carbons (Fsp3) is 0.714. The lowest BCUT2D eigenvalue weighted by atomic mass is 10.4. The van der Waals surface area contributed by atoms with Crippen LogP contribution < -0.4 is 0 Å². The predicted molar refractivity (Wildman–Crippen MR) is 45.4 cm³/mol. The van der Waals surface area contributed by atoms with E-state index < -0.39 is 5.97 Å². The third kappa shape index (κ3) is 2.54. The standard InChI is InChI=1S/C7H11NO2S/c1-6-8(4-5-11-6)3-2-7(9)10/h2-5H2,1H3/p+1. The zero-order chi connectivity index (χ0) is 8.27. The molecule has 0 aromatic carbocycles. The fourth-order valence-electron chi connectivity index (χ4n) is 1.05.